The minimum Gasteiger partial charge on any atom is -0.356 e. The van der Waals surface area contributed by atoms with Gasteiger partial charge in [-0.25, -0.2) is 0 Å². The Kier molecular flexibility index (Phi) is 4.16. The average molecular weight is 341 g/mol. The van der Waals surface area contributed by atoms with E-state index in [0.717, 1.165) is 12.3 Å². The molecule has 0 unspecified atom stereocenters. The molecule has 0 atom stereocenters. The molecule has 2 aromatic carbocycles. The van der Waals surface area contributed by atoms with Crippen LogP contribution in [0, 0.1) is 0 Å². The number of hydrogen-bond acceptors (Lipinski definition) is 1. The van der Waals surface area contributed by atoms with Crippen LogP contribution in [0.3, 0.4) is 0 Å². The molecule has 26 heavy (non-hydrogen) atoms. The van der Waals surface area contributed by atoms with Crippen molar-refractivity contribution in [3.05, 3.63) is 76.9 Å². The van der Waals surface area contributed by atoms with Crippen LogP contribution in [0.5, 0.6) is 0 Å². The van der Waals surface area contributed by atoms with E-state index in [9.17, 15) is 0 Å². The molecular weight excluding hydrogens is 314 g/mol. The van der Waals surface area contributed by atoms with Crippen LogP contribution in [-0.2, 0) is 6.42 Å². The Hall–Kier alpha value is -2.28. The van der Waals surface area contributed by atoms with Gasteiger partial charge in [-0.1, -0.05) is 55.2 Å². The largest absolute Gasteiger partial charge is 0.356 e. The normalized spacial score (nSPS) is 19.4. The van der Waals surface area contributed by atoms with Crippen LogP contribution in [0.2, 0.25) is 0 Å². The summed E-state index contributed by atoms with van der Waals surface area (Å²) in [4.78, 5) is 0. The quantitative estimate of drug-likeness (QED) is 0.625. The topological polar surface area (TPSA) is 12.0 Å². The van der Waals surface area contributed by atoms with Gasteiger partial charge in [0.2, 0.25) is 0 Å². The van der Waals surface area contributed by atoms with Gasteiger partial charge in [0, 0.05) is 11.4 Å². The minimum atomic E-state index is 0.758. The number of benzene rings is 2. The van der Waals surface area contributed by atoms with Crippen molar-refractivity contribution in [2.75, 3.05) is 5.32 Å². The average Bonchev–Trinajstić information content (AvgIpc) is 3.07. The lowest BCUT2D eigenvalue weighted by Gasteiger charge is -2.22. The zero-order chi connectivity index (χ0) is 17.3. The maximum atomic E-state index is 3.66. The van der Waals surface area contributed by atoms with Crippen molar-refractivity contribution in [2.24, 2.45) is 0 Å². The summed E-state index contributed by atoms with van der Waals surface area (Å²) in [5.74, 6) is 0.758. The van der Waals surface area contributed by atoms with Crippen molar-refractivity contribution in [3.63, 3.8) is 0 Å². The van der Waals surface area contributed by atoms with Crippen LogP contribution in [0.4, 0.5) is 11.4 Å². The summed E-state index contributed by atoms with van der Waals surface area (Å²) in [6, 6.07) is 16.0. The van der Waals surface area contributed by atoms with Crippen molar-refractivity contribution < 1.29 is 0 Å². The first-order valence-electron chi connectivity index (χ1n) is 10.3. The highest BCUT2D eigenvalue weighted by molar-refractivity contribution is 5.85. The van der Waals surface area contributed by atoms with E-state index >= 15 is 0 Å². The van der Waals surface area contributed by atoms with E-state index in [2.05, 4.69) is 59.9 Å². The monoisotopic (exact) mass is 341 g/mol. The SMILES string of the molecule is C1=CC2=C(CC1)Cc1cc(Nc3cccc(C4CCCCC4)c3)ccc12. The van der Waals surface area contributed by atoms with Gasteiger partial charge in [-0.15, -0.1) is 0 Å². The van der Waals surface area contributed by atoms with Gasteiger partial charge in [-0.05, 0) is 84.6 Å². The molecule has 1 saturated carbocycles. The summed E-state index contributed by atoms with van der Waals surface area (Å²) < 4.78 is 0. The maximum absolute atomic E-state index is 3.66. The first-order valence-corrected chi connectivity index (χ1v) is 10.3. The lowest BCUT2D eigenvalue weighted by atomic mass is 9.84. The van der Waals surface area contributed by atoms with E-state index in [-0.39, 0.29) is 0 Å². The van der Waals surface area contributed by atoms with Gasteiger partial charge in [-0.2, -0.15) is 0 Å². The fraction of sp³-hybridized carbons (Fsp3) is 0.360. The van der Waals surface area contributed by atoms with Crippen LogP contribution in [0.15, 0.2) is 60.2 Å². The molecule has 0 bridgehead atoms. The standard InChI is InChI=1S/C25H27N/c1-2-7-18(8-3-1)19-10-6-11-22(16-19)26-23-13-14-25-21(17-23)15-20-9-4-5-12-24(20)25/h5-6,10-14,16-18,26H,1-4,7-9,15H2. The van der Waals surface area contributed by atoms with Gasteiger partial charge in [0.1, 0.15) is 0 Å². The molecule has 1 heteroatoms. The zero-order valence-electron chi connectivity index (χ0n) is 15.4. The molecule has 132 valence electrons. The Balaban J connectivity index is 1.36. The van der Waals surface area contributed by atoms with Crippen LogP contribution in [-0.4, -0.2) is 0 Å². The Labute approximate surface area is 156 Å². The Morgan fingerprint density at radius 2 is 1.77 bits per heavy atom. The van der Waals surface area contributed by atoms with Crippen molar-refractivity contribution in [2.45, 2.75) is 57.3 Å². The fourth-order valence-corrected chi connectivity index (χ4v) is 4.96. The highest BCUT2D eigenvalue weighted by Gasteiger charge is 2.21. The number of fused-ring (bicyclic) bond motifs is 2. The summed E-state index contributed by atoms with van der Waals surface area (Å²) in [5.41, 5.74) is 9.98. The molecule has 0 amide bonds. The lowest BCUT2D eigenvalue weighted by molar-refractivity contribution is 0.444. The predicted octanol–water partition coefficient (Wildman–Crippen LogP) is 7.14. The van der Waals surface area contributed by atoms with E-state index in [4.69, 9.17) is 0 Å². The summed E-state index contributed by atoms with van der Waals surface area (Å²) in [5, 5.41) is 3.66. The fourth-order valence-electron chi connectivity index (χ4n) is 4.96. The summed E-state index contributed by atoms with van der Waals surface area (Å²) in [7, 11) is 0. The van der Waals surface area contributed by atoms with E-state index in [1.807, 2.05) is 0 Å². The number of hydrogen-bond donors (Lipinski definition) is 1. The molecule has 1 N–H and O–H groups in total. The molecule has 2 aromatic rings. The number of anilines is 2. The molecule has 0 heterocycles. The van der Waals surface area contributed by atoms with Crippen molar-refractivity contribution in [1.29, 1.82) is 0 Å². The smallest absolute Gasteiger partial charge is 0.0387 e. The second kappa shape index (κ2) is 6.79. The van der Waals surface area contributed by atoms with E-state index in [1.165, 1.54) is 78.6 Å². The minimum absolute atomic E-state index is 0.758. The number of rotatable bonds is 3. The molecule has 0 aromatic heterocycles. The molecule has 3 aliphatic carbocycles. The van der Waals surface area contributed by atoms with Gasteiger partial charge < -0.3 is 5.32 Å². The predicted molar refractivity (Wildman–Crippen MR) is 111 cm³/mol. The number of nitrogens with one attached hydrogen (secondary N) is 1. The first-order chi connectivity index (χ1) is 12.9. The third kappa shape index (κ3) is 3.00. The lowest BCUT2D eigenvalue weighted by Crippen LogP contribution is -2.04. The van der Waals surface area contributed by atoms with E-state index in [0.29, 0.717) is 0 Å². The Morgan fingerprint density at radius 3 is 2.69 bits per heavy atom. The molecular formula is C25H27N. The first kappa shape index (κ1) is 15.9. The number of allylic oxidation sites excluding steroid dienone is 4. The zero-order valence-corrected chi connectivity index (χ0v) is 15.4. The third-order valence-corrected chi connectivity index (χ3v) is 6.33. The van der Waals surface area contributed by atoms with E-state index < -0.39 is 0 Å². The van der Waals surface area contributed by atoms with Gasteiger partial charge in [0.05, 0.1) is 0 Å². The molecule has 0 aliphatic heterocycles. The third-order valence-electron chi connectivity index (χ3n) is 6.33. The van der Waals surface area contributed by atoms with Crippen LogP contribution >= 0.6 is 0 Å². The van der Waals surface area contributed by atoms with Crippen molar-refractivity contribution in [3.8, 4) is 0 Å². The Morgan fingerprint density at radius 1 is 0.885 bits per heavy atom. The Bertz CT molecular complexity index is 881. The molecule has 5 rings (SSSR count). The summed E-state index contributed by atoms with van der Waals surface area (Å²) in [6.45, 7) is 0. The molecule has 1 fully saturated rings. The maximum Gasteiger partial charge on any atom is 0.0387 e. The van der Waals surface area contributed by atoms with Crippen molar-refractivity contribution in [1.82, 2.24) is 0 Å². The molecule has 1 nitrogen and oxygen atoms in total. The molecule has 0 radical (unpaired) electrons. The highest BCUT2D eigenvalue weighted by atomic mass is 14.9. The van der Waals surface area contributed by atoms with Crippen molar-refractivity contribution >= 4 is 16.9 Å². The second-order valence-electron chi connectivity index (χ2n) is 8.09. The van der Waals surface area contributed by atoms with Gasteiger partial charge in [0.25, 0.3) is 0 Å². The van der Waals surface area contributed by atoms with Crippen LogP contribution < -0.4 is 5.32 Å². The molecule has 3 aliphatic rings. The molecule has 0 saturated heterocycles. The second-order valence-corrected chi connectivity index (χ2v) is 8.09. The van der Waals surface area contributed by atoms with Crippen LogP contribution in [0.25, 0.3) is 5.57 Å². The summed E-state index contributed by atoms with van der Waals surface area (Å²) in [6.07, 6.45) is 15.1. The van der Waals surface area contributed by atoms with E-state index in [1.54, 1.807) is 5.57 Å². The van der Waals surface area contributed by atoms with Crippen LogP contribution in [0.1, 0.15) is 67.6 Å². The summed E-state index contributed by atoms with van der Waals surface area (Å²) >= 11 is 0. The molecule has 0 spiro atoms. The van der Waals surface area contributed by atoms with Gasteiger partial charge in [-0.3, -0.25) is 0 Å². The van der Waals surface area contributed by atoms with Gasteiger partial charge in [0.15, 0.2) is 0 Å². The van der Waals surface area contributed by atoms with Gasteiger partial charge >= 0.3 is 0 Å². The highest BCUT2D eigenvalue weighted by Crippen LogP contribution is 2.40.